The molecule has 2 unspecified atom stereocenters. The number of nitrogens with zero attached hydrogens (tertiary/aromatic N) is 2. The van der Waals surface area contributed by atoms with Crippen molar-refractivity contribution in [1.82, 2.24) is 14.9 Å². The molecule has 4 rings (SSSR count). The molecule has 3 aromatic carbocycles. The van der Waals surface area contributed by atoms with Crippen LogP contribution in [0, 0.1) is 0 Å². The number of carbonyl (C=O) groups is 1. The number of hydrogen-bond acceptors (Lipinski definition) is 3. The number of nitrogens with one attached hydrogen (secondary N) is 1. The van der Waals surface area contributed by atoms with Gasteiger partial charge in [0.25, 0.3) is 5.91 Å². The number of hydrogen-bond donors (Lipinski definition) is 1. The van der Waals surface area contributed by atoms with E-state index >= 15 is 0 Å². The molecular weight excluding hydrogens is 470 g/mol. The summed E-state index contributed by atoms with van der Waals surface area (Å²) < 4.78 is 8.19. The molecule has 1 amide bonds. The summed E-state index contributed by atoms with van der Waals surface area (Å²) >= 11 is 5.96. The average molecular weight is 504 g/mol. The molecule has 0 aliphatic rings. The summed E-state index contributed by atoms with van der Waals surface area (Å²) in [5.74, 6) is 2.18. The van der Waals surface area contributed by atoms with E-state index in [0.717, 1.165) is 48.4 Å². The van der Waals surface area contributed by atoms with Crippen LogP contribution in [0.25, 0.3) is 11.0 Å². The van der Waals surface area contributed by atoms with E-state index in [1.807, 2.05) is 25.1 Å². The summed E-state index contributed by atoms with van der Waals surface area (Å²) in [7, 11) is 0. The Hall–Kier alpha value is -3.31. The predicted octanol–water partition coefficient (Wildman–Crippen LogP) is 7.55. The third-order valence-corrected chi connectivity index (χ3v) is 6.88. The van der Waals surface area contributed by atoms with E-state index in [-0.39, 0.29) is 11.9 Å². The molecule has 0 aliphatic carbocycles. The Bertz CT molecular complexity index is 1280. The van der Waals surface area contributed by atoms with Gasteiger partial charge in [0.15, 0.2) is 0 Å². The Balaban J connectivity index is 1.37. The molecule has 0 bridgehead atoms. The first-order valence-electron chi connectivity index (χ1n) is 12.7. The van der Waals surface area contributed by atoms with Crippen LogP contribution < -0.4 is 10.1 Å². The maximum Gasteiger partial charge on any atom is 0.251 e. The van der Waals surface area contributed by atoms with Gasteiger partial charge in [-0.3, -0.25) is 4.79 Å². The number of unbranched alkanes of at least 4 members (excludes halogenated alkanes) is 1. The Morgan fingerprint density at radius 2 is 1.72 bits per heavy atom. The third kappa shape index (κ3) is 6.27. The molecule has 4 aromatic rings. The molecule has 2 atom stereocenters. The Morgan fingerprint density at radius 3 is 2.44 bits per heavy atom. The van der Waals surface area contributed by atoms with E-state index in [1.54, 1.807) is 24.3 Å². The SMILES string of the molecule is CCC(C)c1ccc(OCCCCn2c(C(C)NC(=O)c3ccc(Cl)cc3)nc3ccccc32)cc1. The first kappa shape index (κ1) is 25.8. The molecule has 0 spiro atoms. The first-order valence-corrected chi connectivity index (χ1v) is 13.1. The molecule has 36 heavy (non-hydrogen) atoms. The maximum atomic E-state index is 12.8. The van der Waals surface area contributed by atoms with Gasteiger partial charge in [-0.25, -0.2) is 4.98 Å². The summed E-state index contributed by atoms with van der Waals surface area (Å²) in [6.45, 7) is 7.88. The number of imidazole rings is 1. The van der Waals surface area contributed by atoms with Crippen molar-refractivity contribution in [3.05, 3.63) is 94.8 Å². The number of rotatable bonds is 11. The van der Waals surface area contributed by atoms with Crippen molar-refractivity contribution in [3.8, 4) is 5.75 Å². The molecule has 0 radical (unpaired) electrons. The van der Waals surface area contributed by atoms with Gasteiger partial charge in [-0.1, -0.05) is 49.7 Å². The minimum Gasteiger partial charge on any atom is -0.494 e. The van der Waals surface area contributed by atoms with Gasteiger partial charge in [-0.05, 0) is 86.2 Å². The molecule has 0 fully saturated rings. The molecule has 1 N–H and O–H groups in total. The van der Waals surface area contributed by atoms with Gasteiger partial charge in [-0.15, -0.1) is 0 Å². The number of halogens is 1. The predicted molar refractivity (Wildman–Crippen MR) is 147 cm³/mol. The fourth-order valence-corrected chi connectivity index (χ4v) is 4.42. The van der Waals surface area contributed by atoms with Crippen LogP contribution in [0.1, 0.15) is 73.7 Å². The highest BCUT2D eigenvalue weighted by molar-refractivity contribution is 6.30. The molecule has 1 heterocycles. The largest absolute Gasteiger partial charge is 0.494 e. The monoisotopic (exact) mass is 503 g/mol. The van der Waals surface area contributed by atoms with E-state index in [2.05, 4.69) is 54.1 Å². The summed E-state index contributed by atoms with van der Waals surface area (Å²) in [6.07, 6.45) is 3.00. The van der Waals surface area contributed by atoms with Crippen LogP contribution >= 0.6 is 11.6 Å². The normalized spacial score (nSPS) is 12.9. The standard InChI is InChI=1S/C30H34ClN3O2/c1-4-21(2)23-13-17-26(18-14-23)36-20-8-7-19-34-28-10-6-5-9-27(28)33-29(34)22(3)32-30(35)24-11-15-25(31)16-12-24/h5-6,9-18,21-22H,4,7-8,19-20H2,1-3H3,(H,32,35). The molecule has 0 saturated heterocycles. The summed E-state index contributed by atoms with van der Waals surface area (Å²) in [4.78, 5) is 17.6. The smallest absolute Gasteiger partial charge is 0.251 e. The van der Waals surface area contributed by atoms with Crippen LogP contribution in [0.3, 0.4) is 0 Å². The van der Waals surface area contributed by atoms with Crippen molar-refractivity contribution in [3.63, 3.8) is 0 Å². The average Bonchev–Trinajstić information content (AvgIpc) is 3.27. The van der Waals surface area contributed by atoms with Gasteiger partial charge in [0, 0.05) is 17.1 Å². The molecule has 6 heteroatoms. The molecule has 5 nitrogen and oxygen atoms in total. The minimum atomic E-state index is -0.249. The lowest BCUT2D eigenvalue weighted by molar-refractivity contribution is 0.0937. The third-order valence-electron chi connectivity index (χ3n) is 6.63. The van der Waals surface area contributed by atoms with Crippen LogP contribution in [0.15, 0.2) is 72.8 Å². The number of carbonyl (C=O) groups excluding carboxylic acids is 1. The maximum absolute atomic E-state index is 12.8. The van der Waals surface area contributed by atoms with Gasteiger partial charge in [0.1, 0.15) is 11.6 Å². The number of benzene rings is 3. The van der Waals surface area contributed by atoms with E-state index in [0.29, 0.717) is 23.1 Å². The molecule has 0 aliphatic heterocycles. The quantitative estimate of drug-likeness (QED) is 0.215. The van der Waals surface area contributed by atoms with Crippen molar-refractivity contribution < 1.29 is 9.53 Å². The molecule has 188 valence electrons. The second kappa shape index (κ2) is 12.1. The van der Waals surface area contributed by atoms with Gasteiger partial charge in [0.05, 0.1) is 23.7 Å². The molecular formula is C30H34ClN3O2. The van der Waals surface area contributed by atoms with Crippen molar-refractivity contribution in [2.75, 3.05) is 6.61 Å². The number of amides is 1. The van der Waals surface area contributed by atoms with Crippen molar-refractivity contribution in [2.24, 2.45) is 0 Å². The van der Waals surface area contributed by atoms with E-state index < -0.39 is 0 Å². The second-order valence-corrected chi connectivity index (χ2v) is 9.68. The zero-order valence-electron chi connectivity index (χ0n) is 21.2. The Labute approximate surface area is 218 Å². The van der Waals surface area contributed by atoms with Crippen LogP contribution in [0.4, 0.5) is 0 Å². The lowest BCUT2D eigenvalue weighted by Crippen LogP contribution is -2.28. The van der Waals surface area contributed by atoms with Crippen LogP contribution in [0.2, 0.25) is 5.02 Å². The van der Waals surface area contributed by atoms with E-state index in [1.165, 1.54) is 5.56 Å². The highest BCUT2D eigenvalue weighted by atomic mass is 35.5. The lowest BCUT2D eigenvalue weighted by Gasteiger charge is -2.17. The van der Waals surface area contributed by atoms with E-state index in [9.17, 15) is 4.79 Å². The Kier molecular flexibility index (Phi) is 8.65. The van der Waals surface area contributed by atoms with Crippen molar-refractivity contribution in [1.29, 1.82) is 0 Å². The van der Waals surface area contributed by atoms with Gasteiger partial charge < -0.3 is 14.6 Å². The number of ether oxygens (including phenoxy) is 1. The van der Waals surface area contributed by atoms with Crippen LogP contribution in [-0.4, -0.2) is 22.1 Å². The number of aromatic nitrogens is 2. The molecule has 0 saturated carbocycles. The fourth-order valence-electron chi connectivity index (χ4n) is 4.30. The molecule has 1 aromatic heterocycles. The van der Waals surface area contributed by atoms with Gasteiger partial charge in [-0.2, -0.15) is 0 Å². The first-order chi connectivity index (χ1) is 17.5. The van der Waals surface area contributed by atoms with Crippen LogP contribution in [-0.2, 0) is 6.54 Å². The number of aryl methyl sites for hydroxylation is 1. The highest BCUT2D eigenvalue weighted by Crippen LogP contribution is 2.23. The summed E-state index contributed by atoms with van der Waals surface area (Å²) in [5, 5.41) is 3.69. The van der Waals surface area contributed by atoms with Crippen molar-refractivity contribution >= 4 is 28.5 Å². The van der Waals surface area contributed by atoms with Gasteiger partial charge >= 0.3 is 0 Å². The van der Waals surface area contributed by atoms with Crippen molar-refractivity contribution in [2.45, 2.75) is 58.5 Å². The topological polar surface area (TPSA) is 56.1 Å². The zero-order chi connectivity index (χ0) is 25.5. The van der Waals surface area contributed by atoms with E-state index in [4.69, 9.17) is 21.3 Å². The minimum absolute atomic E-state index is 0.148. The number of para-hydroxylation sites is 2. The summed E-state index contributed by atoms with van der Waals surface area (Å²) in [5.41, 5.74) is 3.92. The Morgan fingerprint density at radius 1 is 1.00 bits per heavy atom. The zero-order valence-corrected chi connectivity index (χ0v) is 22.0. The fraction of sp³-hybridized carbons (Fsp3) is 0.333. The van der Waals surface area contributed by atoms with Crippen LogP contribution in [0.5, 0.6) is 5.75 Å². The van der Waals surface area contributed by atoms with Gasteiger partial charge in [0.2, 0.25) is 0 Å². The second-order valence-electron chi connectivity index (χ2n) is 9.25. The number of fused-ring (bicyclic) bond motifs is 1. The highest BCUT2D eigenvalue weighted by Gasteiger charge is 2.19. The lowest BCUT2D eigenvalue weighted by atomic mass is 9.99. The summed E-state index contributed by atoms with van der Waals surface area (Å²) in [6, 6.07) is 23.2.